The van der Waals surface area contributed by atoms with Crippen molar-refractivity contribution in [3.8, 4) is 16.9 Å². The highest BCUT2D eigenvalue weighted by atomic mass is 16.5. The molecule has 3 aromatic rings. The molecular formula is C21H19NO3. The molecular weight excluding hydrogens is 314 g/mol. The Labute approximate surface area is 147 Å². The summed E-state index contributed by atoms with van der Waals surface area (Å²) in [6.45, 7) is 2.38. The molecule has 0 fully saturated rings. The first-order valence-electron chi connectivity index (χ1n) is 7.99. The van der Waals surface area contributed by atoms with Crippen LogP contribution in [0.1, 0.15) is 21.6 Å². The molecule has 126 valence electrons. The SMILES string of the molecule is COC(=O)c1ncc(-c2ccc(OCc3ccccc3)cc2)cc1C. The number of nitrogens with zero attached hydrogens (tertiary/aromatic N) is 1. The van der Waals surface area contributed by atoms with E-state index in [-0.39, 0.29) is 0 Å². The van der Waals surface area contributed by atoms with Gasteiger partial charge in [-0.3, -0.25) is 0 Å². The van der Waals surface area contributed by atoms with Gasteiger partial charge in [0.25, 0.3) is 0 Å². The quantitative estimate of drug-likeness (QED) is 0.648. The second-order valence-electron chi connectivity index (χ2n) is 5.68. The van der Waals surface area contributed by atoms with E-state index >= 15 is 0 Å². The maximum Gasteiger partial charge on any atom is 0.356 e. The predicted octanol–water partition coefficient (Wildman–Crippen LogP) is 4.42. The molecule has 0 radical (unpaired) electrons. The smallest absolute Gasteiger partial charge is 0.356 e. The van der Waals surface area contributed by atoms with Crippen molar-refractivity contribution in [2.75, 3.05) is 7.11 Å². The number of hydrogen-bond donors (Lipinski definition) is 0. The fraction of sp³-hybridized carbons (Fsp3) is 0.143. The van der Waals surface area contributed by atoms with E-state index in [2.05, 4.69) is 4.98 Å². The molecule has 0 aliphatic carbocycles. The van der Waals surface area contributed by atoms with Gasteiger partial charge >= 0.3 is 5.97 Å². The maximum absolute atomic E-state index is 11.6. The van der Waals surface area contributed by atoms with Gasteiger partial charge in [0.2, 0.25) is 0 Å². The molecule has 4 heteroatoms. The summed E-state index contributed by atoms with van der Waals surface area (Å²) in [4.78, 5) is 15.8. The number of ether oxygens (including phenoxy) is 2. The molecule has 0 saturated carbocycles. The lowest BCUT2D eigenvalue weighted by molar-refractivity contribution is 0.0593. The molecule has 3 rings (SSSR count). The van der Waals surface area contributed by atoms with Gasteiger partial charge in [0, 0.05) is 11.8 Å². The third kappa shape index (κ3) is 4.04. The summed E-state index contributed by atoms with van der Waals surface area (Å²) in [6.07, 6.45) is 1.68. The average Bonchev–Trinajstić information content (AvgIpc) is 2.67. The third-order valence-corrected chi connectivity index (χ3v) is 3.89. The highest BCUT2D eigenvalue weighted by molar-refractivity contribution is 5.89. The number of esters is 1. The van der Waals surface area contributed by atoms with Crippen molar-refractivity contribution in [3.05, 3.63) is 83.7 Å². The van der Waals surface area contributed by atoms with Crippen LogP contribution in [0, 0.1) is 6.92 Å². The van der Waals surface area contributed by atoms with Crippen LogP contribution in [0.15, 0.2) is 66.9 Å². The van der Waals surface area contributed by atoms with E-state index in [1.165, 1.54) is 7.11 Å². The summed E-state index contributed by atoms with van der Waals surface area (Å²) in [7, 11) is 1.35. The van der Waals surface area contributed by atoms with E-state index in [0.717, 1.165) is 28.0 Å². The second kappa shape index (κ2) is 7.62. The predicted molar refractivity (Wildman–Crippen MR) is 96.5 cm³/mol. The van der Waals surface area contributed by atoms with E-state index < -0.39 is 5.97 Å². The van der Waals surface area contributed by atoms with Crippen LogP contribution in [0.25, 0.3) is 11.1 Å². The summed E-state index contributed by atoms with van der Waals surface area (Å²) < 4.78 is 10.5. The van der Waals surface area contributed by atoms with Gasteiger partial charge in [0.1, 0.15) is 12.4 Å². The Morgan fingerprint density at radius 3 is 2.36 bits per heavy atom. The molecule has 0 aliphatic heterocycles. The van der Waals surface area contributed by atoms with Gasteiger partial charge in [0.15, 0.2) is 5.69 Å². The number of rotatable bonds is 5. The Kier molecular flexibility index (Phi) is 5.09. The first kappa shape index (κ1) is 16.7. The van der Waals surface area contributed by atoms with Crippen molar-refractivity contribution in [1.82, 2.24) is 4.98 Å². The number of carbonyl (C=O) groups is 1. The molecule has 1 heterocycles. The van der Waals surface area contributed by atoms with Crippen LogP contribution in [0.5, 0.6) is 5.75 Å². The Morgan fingerprint density at radius 1 is 1.00 bits per heavy atom. The molecule has 4 nitrogen and oxygen atoms in total. The van der Waals surface area contributed by atoms with Crippen LogP contribution in [-0.4, -0.2) is 18.1 Å². The molecule has 2 aromatic carbocycles. The topological polar surface area (TPSA) is 48.4 Å². The van der Waals surface area contributed by atoms with Crippen molar-refractivity contribution in [2.24, 2.45) is 0 Å². The summed E-state index contributed by atoms with van der Waals surface area (Å²) >= 11 is 0. The molecule has 0 aliphatic rings. The number of carbonyl (C=O) groups excluding carboxylic acids is 1. The third-order valence-electron chi connectivity index (χ3n) is 3.89. The molecule has 0 amide bonds. The number of methoxy groups -OCH3 is 1. The summed E-state index contributed by atoms with van der Waals surface area (Å²) in [5.41, 5.74) is 4.21. The minimum Gasteiger partial charge on any atom is -0.489 e. The zero-order valence-corrected chi connectivity index (χ0v) is 14.2. The fourth-order valence-electron chi connectivity index (χ4n) is 2.53. The zero-order valence-electron chi connectivity index (χ0n) is 14.2. The normalized spacial score (nSPS) is 10.3. The second-order valence-corrected chi connectivity index (χ2v) is 5.68. The van der Waals surface area contributed by atoms with Crippen LogP contribution in [0.3, 0.4) is 0 Å². The van der Waals surface area contributed by atoms with Crippen LogP contribution in [0.2, 0.25) is 0 Å². The highest BCUT2D eigenvalue weighted by Crippen LogP contribution is 2.24. The van der Waals surface area contributed by atoms with E-state index in [1.54, 1.807) is 6.20 Å². The van der Waals surface area contributed by atoms with Crippen LogP contribution < -0.4 is 4.74 Å². The van der Waals surface area contributed by atoms with E-state index in [0.29, 0.717) is 12.3 Å². The van der Waals surface area contributed by atoms with Crippen molar-refractivity contribution in [2.45, 2.75) is 13.5 Å². The van der Waals surface area contributed by atoms with Crippen molar-refractivity contribution >= 4 is 5.97 Å². The highest BCUT2D eigenvalue weighted by Gasteiger charge is 2.11. The molecule has 0 saturated heterocycles. The van der Waals surface area contributed by atoms with E-state index in [9.17, 15) is 4.79 Å². The minimum atomic E-state index is -0.422. The Bertz CT molecular complexity index is 858. The molecule has 0 bridgehead atoms. The molecule has 0 unspecified atom stereocenters. The van der Waals surface area contributed by atoms with Crippen LogP contribution >= 0.6 is 0 Å². The monoisotopic (exact) mass is 333 g/mol. The minimum absolute atomic E-state index is 0.342. The Balaban J connectivity index is 1.72. The zero-order chi connectivity index (χ0) is 17.6. The summed E-state index contributed by atoms with van der Waals surface area (Å²) in [5, 5.41) is 0. The standard InChI is InChI=1S/C21H19NO3/c1-15-12-18(13-22-20(15)21(23)24-2)17-8-10-19(11-9-17)25-14-16-6-4-3-5-7-16/h3-13H,14H2,1-2H3. The van der Waals surface area contributed by atoms with Gasteiger partial charge < -0.3 is 9.47 Å². The number of aromatic nitrogens is 1. The van der Waals surface area contributed by atoms with Gasteiger partial charge in [-0.25, -0.2) is 9.78 Å². The van der Waals surface area contributed by atoms with Crippen molar-refractivity contribution < 1.29 is 14.3 Å². The lowest BCUT2D eigenvalue weighted by Gasteiger charge is -2.09. The van der Waals surface area contributed by atoms with Gasteiger partial charge in [-0.15, -0.1) is 0 Å². The lowest BCUT2D eigenvalue weighted by Crippen LogP contribution is -2.06. The number of benzene rings is 2. The van der Waals surface area contributed by atoms with E-state index in [4.69, 9.17) is 9.47 Å². The van der Waals surface area contributed by atoms with Crippen molar-refractivity contribution in [1.29, 1.82) is 0 Å². The Morgan fingerprint density at radius 2 is 1.72 bits per heavy atom. The van der Waals surface area contributed by atoms with Crippen LogP contribution in [-0.2, 0) is 11.3 Å². The summed E-state index contributed by atoms with van der Waals surface area (Å²) in [6, 6.07) is 19.8. The molecule has 0 spiro atoms. The molecule has 0 atom stereocenters. The Hall–Kier alpha value is -3.14. The number of aryl methyl sites for hydroxylation is 1. The first-order chi connectivity index (χ1) is 12.2. The molecule has 0 N–H and O–H groups in total. The maximum atomic E-state index is 11.6. The first-order valence-corrected chi connectivity index (χ1v) is 7.99. The fourth-order valence-corrected chi connectivity index (χ4v) is 2.53. The number of hydrogen-bond acceptors (Lipinski definition) is 4. The molecule has 25 heavy (non-hydrogen) atoms. The molecule has 1 aromatic heterocycles. The van der Waals surface area contributed by atoms with E-state index in [1.807, 2.05) is 67.6 Å². The van der Waals surface area contributed by atoms with Crippen molar-refractivity contribution in [3.63, 3.8) is 0 Å². The summed E-state index contributed by atoms with van der Waals surface area (Å²) in [5.74, 6) is 0.386. The van der Waals surface area contributed by atoms with Gasteiger partial charge in [-0.1, -0.05) is 42.5 Å². The van der Waals surface area contributed by atoms with Gasteiger partial charge in [-0.2, -0.15) is 0 Å². The lowest BCUT2D eigenvalue weighted by atomic mass is 10.0. The largest absolute Gasteiger partial charge is 0.489 e. The van der Waals surface area contributed by atoms with Crippen LogP contribution in [0.4, 0.5) is 0 Å². The van der Waals surface area contributed by atoms with Gasteiger partial charge in [-0.05, 0) is 41.8 Å². The number of pyridine rings is 1. The van der Waals surface area contributed by atoms with Gasteiger partial charge in [0.05, 0.1) is 7.11 Å². The average molecular weight is 333 g/mol.